The predicted octanol–water partition coefficient (Wildman–Crippen LogP) is 0.213. The van der Waals surface area contributed by atoms with Gasteiger partial charge >= 0.3 is 5.69 Å². The molecule has 2 heterocycles. The topological polar surface area (TPSA) is 71.1 Å². The van der Waals surface area contributed by atoms with Crippen molar-refractivity contribution in [2.75, 3.05) is 0 Å². The second-order valence-corrected chi connectivity index (χ2v) is 4.81. The first-order chi connectivity index (χ1) is 7.95. The van der Waals surface area contributed by atoms with Gasteiger partial charge in [0.2, 0.25) is 0 Å². The molecular formula is C8H10Br2N4O3Se. The van der Waals surface area contributed by atoms with Gasteiger partial charge in [-0.3, -0.25) is 13.9 Å². The number of imidazole rings is 1. The summed E-state index contributed by atoms with van der Waals surface area (Å²) in [6, 6.07) is 0. The van der Waals surface area contributed by atoms with Crippen LogP contribution in [0.2, 0.25) is 0 Å². The van der Waals surface area contributed by atoms with Crippen LogP contribution in [0.3, 0.4) is 0 Å². The van der Waals surface area contributed by atoms with E-state index in [1.807, 2.05) is 0 Å². The molecule has 0 bridgehead atoms. The summed E-state index contributed by atoms with van der Waals surface area (Å²) >= 11 is 5.12. The predicted molar refractivity (Wildman–Crippen MR) is 75.9 cm³/mol. The van der Waals surface area contributed by atoms with Crippen LogP contribution in [0.4, 0.5) is 0 Å². The molecule has 0 aliphatic carbocycles. The second kappa shape index (κ2) is 7.25. The third-order valence-corrected chi connectivity index (χ3v) is 2.32. The summed E-state index contributed by atoms with van der Waals surface area (Å²) in [7, 11) is 4.77. The van der Waals surface area contributed by atoms with Gasteiger partial charge in [-0.25, -0.2) is 12.7 Å². The molecule has 0 amide bonds. The Kier molecular flexibility index (Phi) is 7.08. The Morgan fingerprint density at radius 2 is 1.67 bits per heavy atom. The molecule has 100 valence electrons. The fourth-order valence-corrected chi connectivity index (χ4v) is 1.47. The van der Waals surface area contributed by atoms with Crippen LogP contribution in [0.1, 0.15) is 0 Å². The Morgan fingerprint density at radius 3 is 2.17 bits per heavy atom. The Hall–Kier alpha value is -0.411. The first kappa shape index (κ1) is 17.6. The van der Waals surface area contributed by atoms with Crippen LogP contribution >= 0.6 is 32.5 Å². The Labute approximate surface area is 130 Å². The molecule has 0 unspecified atom stereocenters. The van der Waals surface area contributed by atoms with Crippen molar-refractivity contribution in [3.05, 3.63) is 27.2 Å². The molecule has 0 aliphatic heterocycles. The molecule has 0 aromatic carbocycles. The minimum atomic E-state index is -0.360. The molecule has 2 rings (SSSR count). The van der Waals surface area contributed by atoms with E-state index < -0.39 is 0 Å². The monoisotopic (exact) mass is 448 g/mol. The first-order valence-corrected chi connectivity index (χ1v) is 5.71. The van der Waals surface area contributed by atoms with E-state index in [0.29, 0.717) is 11.2 Å². The molecule has 2 aromatic rings. The van der Waals surface area contributed by atoms with Crippen molar-refractivity contribution in [3.8, 4) is 0 Å². The summed E-state index contributed by atoms with van der Waals surface area (Å²) in [6.07, 6.45) is 1.52. The molecular weight excluding hydrogens is 439 g/mol. The van der Waals surface area contributed by atoms with Crippen molar-refractivity contribution >= 4 is 60.7 Å². The van der Waals surface area contributed by atoms with Crippen molar-refractivity contribution < 1.29 is 2.92 Å². The third kappa shape index (κ3) is 3.12. The number of hydrogen-bond donors (Lipinski definition) is 0. The van der Waals surface area contributed by atoms with E-state index in [4.69, 9.17) is 0 Å². The minimum Gasteiger partial charge on any atom is -0.328 e. The average molecular weight is 449 g/mol. The van der Waals surface area contributed by atoms with E-state index in [1.165, 1.54) is 17.9 Å². The SMILES string of the molecule is BrOBr.Cn1c(=O)c2c(ncn2C)n(C)c1=O.[Se]. The largest absolute Gasteiger partial charge is 0.332 e. The molecule has 10 heteroatoms. The number of hydrogen-bond acceptors (Lipinski definition) is 4. The van der Waals surface area contributed by atoms with Gasteiger partial charge in [-0.05, 0) is 0 Å². The van der Waals surface area contributed by atoms with Crippen LogP contribution in [0.5, 0.6) is 0 Å². The maximum atomic E-state index is 11.7. The summed E-state index contributed by atoms with van der Waals surface area (Å²) in [5.74, 6) is 0. The average Bonchev–Trinajstić information content (AvgIpc) is 2.67. The van der Waals surface area contributed by atoms with Gasteiger partial charge in [-0.1, -0.05) is 0 Å². The zero-order valence-corrected chi connectivity index (χ0v) is 14.6. The number of fused-ring (bicyclic) bond motifs is 1. The number of aryl methyl sites for hydroxylation is 2. The van der Waals surface area contributed by atoms with E-state index in [0.717, 1.165) is 4.57 Å². The summed E-state index contributed by atoms with van der Waals surface area (Å²) in [5, 5.41) is 0. The summed E-state index contributed by atoms with van der Waals surface area (Å²) in [6.45, 7) is 0. The summed E-state index contributed by atoms with van der Waals surface area (Å²) in [4.78, 5) is 27.2. The standard InChI is InChI=1S/C8H10N4O2.Br2O.Se/c1-10-4-9-6-5(10)7(13)12(3)8(14)11(6)2;1-3-2;/h4H,1-3H3;;. The minimum absolute atomic E-state index is 0. The molecule has 2 aromatic heterocycles. The van der Waals surface area contributed by atoms with Crippen molar-refractivity contribution in [1.82, 2.24) is 18.7 Å². The van der Waals surface area contributed by atoms with Crippen LogP contribution in [0.25, 0.3) is 11.2 Å². The number of nitrogens with zero attached hydrogens (tertiary/aromatic N) is 4. The molecule has 0 saturated carbocycles. The van der Waals surface area contributed by atoms with Crippen LogP contribution in [-0.4, -0.2) is 35.8 Å². The fraction of sp³-hybridized carbons (Fsp3) is 0.375. The number of aromatic nitrogens is 4. The van der Waals surface area contributed by atoms with Crippen molar-refractivity contribution in [2.24, 2.45) is 21.1 Å². The molecule has 0 atom stereocenters. The van der Waals surface area contributed by atoms with Gasteiger partial charge in [0.05, 0.1) is 6.33 Å². The Morgan fingerprint density at radius 1 is 1.17 bits per heavy atom. The van der Waals surface area contributed by atoms with E-state index in [9.17, 15) is 9.59 Å². The van der Waals surface area contributed by atoms with Gasteiger partial charge in [0.1, 0.15) is 32.5 Å². The number of rotatable bonds is 0. The van der Waals surface area contributed by atoms with Crippen molar-refractivity contribution in [3.63, 3.8) is 0 Å². The molecule has 0 spiro atoms. The van der Waals surface area contributed by atoms with Gasteiger partial charge < -0.3 is 4.57 Å². The van der Waals surface area contributed by atoms with Crippen LogP contribution in [0, 0.1) is 0 Å². The quantitative estimate of drug-likeness (QED) is 0.540. The molecule has 18 heavy (non-hydrogen) atoms. The summed E-state index contributed by atoms with van der Waals surface area (Å²) < 4.78 is 7.91. The van der Waals surface area contributed by atoms with Crippen molar-refractivity contribution in [2.45, 2.75) is 0 Å². The van der Waals surface area contributed by atoms with E-state index in [1.54, 1.807) is 18.7 Å². The number of halogens is 2. The Bertz CT molecular complexity index is 648. The maximum absolute atomic E-state index is 11.7. The maximum Gasteiger partial charge on any atom is 0.332 e. The van der Waals surface area contributed by atoms with Gasteiger partial charge in [-0.15, -0.1) is 0 Å². The molecule has 0 aliphatic rings. The summed E-state index contributed by atoms with van der Waals surface area (Å²) in [5.41, 5.74) is 0.180. The fourth-order valence-electron chi connectivity index (χ4n) is 1.47. The van der Waals surface area contributed by atoms with Crippen LogP contribution < -0.4 is 11.2 Å². The van der Waals surface area contributed by atoms with Gasteiger partial charge in [0.15, 0.2) is 11.2 Å². The van der Waals surface area contributed by atoms with E-state index in [2.05, 4.69) is 40.4 Å². The van der Waals surface area contributed by atoms with Gasteiger partial charge in [0.25, 0.3) is 5.56 Å². The molecule has 0 saturated heterocycles. The van der Waals surface area contributed by atoms with Crippen LogP contribution in [0.15, 0.2) is 15.9 Å². The van der Waals surface area contributed by atoms with Gasteiger partial charge in [0, 0.05) is 38.2 Å². The second-order valence-electron chi connectivity index (χ2n) is 3.29. The normalized spacial score (nSPS) is 9.61. The first-order valence-electron chi connectivity index (χ1n) is 4.42. The zero-order valence-electron chi connectivity index (χ0n) is 9.76. The molecule has 0 fully saturated rings. The smallest absolute Gasteiger partial charge is 0.328 e. The van der Waals surface area contributed by atoms with E-state index >= 15 is 0 Å². The van der Waals surface area contributed by atoms with E-state index in [-0.39, 0.29) is 28.3 Å². The molecule has 0 N–H and O–H groups in total. The third-order valence-electron chi connectivity index (χ3n) is 2.32. The Balaban J connectivity index is 0.000000660. The van der Waals surface area contributed by atoms with Crippen molar-refractivity contribution in [1.29, 1.82) is 0 Å². The molecule has 7 nitrogen and oxygen atoms in total. The zero-order chi connectivity index (χ0) is 13.2. The molecule has 2 radical (unpaired) electrons. The van der Waals surface area contributed by atoms with Gasteiger partial charge in [-0.2, -0.15) is 0 Å². The van der Waals surface area contributed by atoms with Crippen LogP contribution in [-0.2, 0) is 24.1 Å².